The first-order valence-electron chi connectivity index (χ1n) is 7.99. The Labute approximate surface area is 135 Å². The number of aliphatic hydroxyl groups is 1. The van der Waals surface area contributed by atoms with Crippen LogP contribution in [0.4, 0.5) is 8.78 Å². The average Bonchev–Trinajstić information content (AvgIpc) is 2.94. The first kappa shape index (κ1) is 16.1. The van der Waals surface area contributed by atoms with E-state index in [0.717, 1.165) is 25.2 Å². The van der Waals surface area contributed by atoms with Crippen molar-refractivity contribution in [2.75, 3.05) is 19.7 Å². The molecule has 1 aliphatic heterocycles. The Kier molecular flexibility index (Phi) is 5.03. The molecule has 2 aromatic carbocycles. The molecule has 0 spiro atoms. The van der Waals surface area contributed by atoms with E-state index in [1.807, 2.05) is 18.2 Å². The van der Waals surface area contributed by atoms with Gasteiger partial charge in [-0.3, -0.25) is 4.90 Å². The van der Waals surface area contributed by atoms with Gasteiger partial charge >= 0.3 is 0 Å². The van der Waals surface area contributed by atoms with Crippen LogP contribution in [-0.2, 0) is 6.54 Å². The molecular weight excluding hydrogens is 296 g/mol. The van der Waals surface area contributed by atoms with Crippen molar-refractivity contribution >= 4 is 0 Å². The summed E-state index contributed by atoms with van der Waals surface area (Å²) in [6, 6.07) is 14.4. The lowest BCUT2D eigenvalue weighted by molar-refractivity contribution is 0.246. The second kappa shape index (κ2) is 7.20. The zero-order chi connectivity index (χ0) is 16.2. The third-order valence-corrected chi connectivity index (χ3v) is 4.64. The van der Waals surface area contributed by atoms with Crippen molar-refractivity contribution in [3.05, 3.63) is 71.3 Å². The molecule has 2 aromatic rings. The molecule has 122 valence electrons. The lowest BCUT2D eigenvalue weighted by atomic mass is 9.87. The van der Waals surface area contributed by atoms with Crippen LogP contribution in [0.1, 0.15) is 23.5 Å². The Morgan fingerprint density at radius 1 is 1.00 bits per heavy atom. The van der Waals surface area contributed by atoms with E-state index in [1.165, 1.54) is 17.7 Å². The summed E-state index contributed by atoms with van der Waals surface area (Å²) in [5.41, 5.74) is 2.05. The third kappa shape index (κ3) is 3.77. The molecule has 0 aromatic heterocycles. The number of nitrogens with zero attached hydrogens (tertiary/aromatic N) is 1. The van der Waals surface area contributed by atoms with Crippen LogP contribution in [0.25, 0.3) is 0 Å². The van der Waals surface area contributed by atoms with Crippen LogP contribution in [0.15, 0.2) is 48.5 Å². The monoisotopic (exact) mass is 317 g/mol. The smallest absolute Gasteiger partial charge is 0.159 e. The minimum absolute atomic E-state index is 0.115. The molecule has 0 saturated carbocycles. The molecule has 2 atom stereocenters. The summed E-state index contributed by atoms with van der Waals surface area (Å²) in [6.07, 6.45) is 0.676. The summed E-state index contributed by atoms with van der Waals surface area (Å²) < 4.78 is 26.7. The van der Waals surface area contributed by atoms with Gasteiger partial charge in [0.15, 0.2) is 11.6 Å². The van der Waals surface area contributed by atoms with Crippen LogP contribution < -0.4 is 0 Å². The topological polar surface area (TPSA) is 23.5 Å². The number of halogens is 2. The Balaban J connectivity index is 1.76. The largest absolute Gasteiger partial charge is 0.396 e. The maximum Gasteiger partial charge on any atom is 0.159 e. The second-order valence-electron chi connectivity index (χ2n) is 6.23. The highest BCUT2D eigenvalue weighted by Crippen LogP contribution is 2.35. The Hall–Kier alpha value is -1.78. The van der Waals surface area contributed by atoms with Gasteiger partial charge in [-0.2, -0.15) is 0 Å². The Bertz CT molecular complexity index is 647. The van der Waals surface area contributed by atoms with Crippen LogP contribution >= 0.6 is 0 Å². The van der Waals surface area contributed by atoms with Crippen molar-refractivity contribution < 1.29 is 13.9 Å². The number of hydrogen-bond donors (Lipinski definition) is 1. The number of hydrogen-bond acceptors (Lipinski definition) is 2. The third-order valence-electron chi connectivity index (χ3n) is 4.64. The van der Waals surface area contributed by atoms with Gasteiger partial charge in [-0.25, -0.2) is 8.78 Å². The predicted octanol–water partition coefficient (Wildman–Crippen LogP) is 3.56. The minimum atomic E-state index is -0.813. The van der Waals surface area contributed by atoms with Crippen LogP contribution in [-0.4, -0.2) is 29.7 Å². The summed E-state index contributed by atoms with van der Waals surface area (Å²) in [6.45, 7) is 2.61. The summed E-state index contributed by atoms with van der Waals surface area (Å²) in [5.74, 6) is -1.23. The van der Waals surface area contributed by atoms with E-state index in [-0.39, 0.29) is 18.4 Å². The van der Waals surface area contributed by atoms with Crippen LogP contribution in [0.2, 0.25) is 0 Å². The molecular formula is C19H21F2NO. The Morgan fingerprint density at radius 3 is 2.48 bits per heavy atom. The standard InChI is InChI=1S/C19H21F2NO/c20-18-7-6-15(10-19(18)21)17-13-22(12-16(17)8-9-23)11-14-4-2-1-3-5-14/h1-7,10,16-17,23H,8-9,11-13H2/t16?,17-/m1/s1. The lowest BCUT2D eigenvalue weighted by Gasteiger charge is -2.18. The summed E-state index contributed by atoms with van der Waals surface area (Å²) >= 11 is 0. The Morgan fingerprint density at radius 2 is 1.78 bits per heavy atom. The average molecular weight is 317 g/mol. The van der Waals surface area contributed by atoms with E-state index in [2.05, 4.69) is 17.0 Å². The van der Waals surface area contributed by atoms with Crippen molar-refractivity contribution in [1.29, 1.82) is 0 Å². The first-order valence-corrected chi connectivity index (χ1v) is 7.99. The molecule has 0 aliphatic carbocycles. The number of rotatable bonds is 5. The minimum Gasteiger partial charge on any atom is -0.396 e. The van der Waals surface area contributed by atoms with Gasteiger partial charge in [0.05, 0.1) is 0 Å². The highest BCUT2D eigenvalue weighted by molar-refractivity contribution is 5.25. The predicted molar refractivity (Wildman–Crippen MR) is 86.0 cm³/mol. The van der Waals surface area contributed by atoms with E-state index >= 15 is 0 Å². The van der Waals surface area contributed by atoms with E-state index in [0.29, 0.717) is 6.42 Å². The molecule has 3 rings (SSSR count). The van der Waals surface area contributed by atoms with Crippen LogP contribution in [0.3, 0.4) is 0 Å². The highest BCUT2D eigenvalue weighted by Gasteiger charge is 2.33. The number of likely N-dealkylation sites (tertiary alicyclic amines) is 1. The van der Waals surface area contributed by atoms with Crippen molar-refractivity contribution in [1.82, 2.24) is 4.90 Å². The molecule has 0 radical (unpaired) electrons. The quantitative estimate of drug-likeness (QED) is 0.911. The summed E-state index contributed by atoms with van der Waals surface area (Å²) in [7, 11) is 0. The highest BCUT2D eigenvalue weighted by atomic mass is 19.2. The lowest BCUT2D eigenvalue weighted by Crippen LogP contribution is -2.20. The second-order valence-corrected chi connectivity index (χ2v) is 6.23. The fourth-order valence-corrected chi connectivity index (χ4v) is 3.51. The number of aliphatic hydroxyl groups excluding tert-OH is 1. The van der Waals surface area contributed by atoms with Crippen molar-refractivity contribution in [2.24, 2.45) is 5.92 Å². The maximum absolute atomic E-state index is 13.6. The van der Waals surface area contributed by atoms with Gasteiger partial charge in [0, 0.05) is 32.2 Å². The van der Waals surface area contributed by atoms with E-state index < -0.39 is 11.6 Å². The van der Waals surface area contributed by atoms with Gasteiger partial charge in [-0.1, -0.05) is 36.4 Å². The van der Waals surface area contributed by atoms with Gasteiger partial charge in [0.25, 0.3) is 0 Å². The van der Waals surface area contributed by atoms with Gasteiger partial charge in [0.1, 0.15) is 0 Å². The molecule has 2 nitrogen and oxygen atoms in total. The summed E-state index contributed by atoms with van der Waals surface area (Å²) in [4.78, 5) is 2.32. The van der Waals surface area contributed by atoms with Crippen molar-refractivity contribution in [3.8, 4) is 0 Å². The van der Waals surface area contributed by atoms with E-state index in [9.17, 15) is 13.9 Å². The van der Waals surface area contributed by atoms with Gasteiger partial charge in [-0.05, 0) is 35.6 Å². The first-order chi connectivity index (χ1) is 11.2. The normalized spacial score (nSPS) is 21.7. The van der Waals surface area contributed by atoms with E-state index in [4.69, 9.17) is 0 Å². The van der Waals surface area contributed by atoms with Crippen molar-refractivity contribution in [3.63, 3.8) is 0 Å². The molecule has 1 aliphatic rings. The SMILES string of the molecule is OCCC1CN(Cc2ccccc2)C[C@@H]1c1ccc(F)c(F)c1. The van der Waals surface area contributed by atoms with Gasteiger partial charge < -0.3 is 5.11 Å². The van der Waals surface area contributed by atoms with Crippen LogP contribution in [0, 0.1) is 17.6 Å². The molecule has 1 fully saturated rings. The zero-order valence-electron chi connectivity index (χ0n) is 13.0. The van der Waals surface area contributed by atoms with E-state index in [1.54, 1.807) is 6.07 Å². The molecule has 4 heteroatoms. The summed E-state index contributed by atoms with van der Waals surface area (Å²) in [5, 5.41) is 9.31. The van der Waals surface area contributed by atoms with Gasteiger partial charge in [0.2, 0.25) is 0 Å². The molecule has 0 bridgehead atoms. The molecule has 1 unspecified atom stereocenters. The molecule has 23 heavy (non-hydrogen) atoms. The van der Waals surface area contributed by atoms with Gasteiger partial charge in [-0.15, -0.1) is 0 Å². The molecule has 1 N–H and O–H groups in total. The van der Waals surface area contributed by atoms with Crippen molar-refractivity contribution in [2.45, 2.75) is 18.9 Å². The molecule has 1 heterocycles. The molecule has 0 amide bonds. The fourth-order valence-electron chi connectivity index (χ4n) is 3.51. The molecule has 1 saturated heterocycles. The fraction of sp³-hybridized carbons (Fsp3) is 0.368. The zero-order valence-corrected chi connectivity index (χ0v) is 13.0. The van der Waals surface area contributed by atoms with Crippen LogP contribution in [0.5, 0.6) is 0 Å². The maximum atomic E-state index is 13.6. The number of benzene rings is 2.